The van der Waals surface area contributed by atoms with Gasteiger partial charge >= 0.3 is 0 Å². The monoisotopic (exact) mass is 374 g/mol. The van der Waals surface area contributed by atoms with Gasteiger partial charge in [0.1, 0.15) is 11.4 Å². The predicted molar refractivity (Wildman–Crippen MR) is 100 cm³/mol. The third kappa shape index (κ3) is 4.51. The lowest BCUT2D eigenvalue weighted by Gasteiger charge is -2.34. The fourth-order valence-electron chi connectivity index (χ4n) is 3.19. The highest BCUT2D eigenvalue weighted by Gasteiger charge is 2.20. The Kier molecular flexibility index (Phi) is 5.85. The zero-order valence-corrected chi connectivity index (χ0v) is 15.3. The Morgan fingerprint density at radius 2 is 1.93 bits per heavy atom. The number of aromatic amines is 1. The van der Waals surface area contributed by atoms with Crippen molar-refractivity contribution >= 4 is 22.7 Å². The third-order valence-corrected chi connectivity index (χ3v) is 4.85. The standard InChI is InChI=1S/C19H23FN4O3/c1-2-23-7-9-24(10-8-23)17(25)5-6-21-18(26)15-11-13-3-4-14(20)12-16(13)22-19(15)27/h3-4,11-12H,2,5-10H2,1H3,(H,21,26)(H,22,27). The number of H-pyrrole nitrogens is 1. The summed E-state index contributed by atoms with van der Waals surface area (Å²) in [5.74, 6) is -1.02. The number of hydrogen-bond donors (Lipinski definition) is 2. The topological polar surface area (TPSA) is 85.5 Å². The van der Waals surface area contributed by atoms with Crippen LogP contribution in [0.3, 0.4) is 0 Å². The molecule has 1 fully saturated rings. The molecular formula is C19H23FN4O3. The summed E-state index contributed by atoms with van der Waals surface area (Å²) in [5, 5.41) is 3.18. The highest BCUT2D eigenvalue weighted by Crippen LogP contribution is 2.12. The molecule has 0 aliphatic carbocycles. The van der Waals surface area contributed by atoms with Crippen molar-refractivity contribution in [1.82, 2.24) is 20.1 Å². The molecule has 2 aromatic rings. The van der Waals surface area contributed by atoms with Gasteiger partial charge < -0.3 is 20.1 Å². The van der Waals surface area contributed by atoms with E-state index in [-0.39, 0.29) is 24.4 Å². The average Bonchev–Trinajstić information content (AvgIpc) is 2.67. The summed E-state index contributed by atoms with van der Waals surface area (Å²) in [5.41, 5.74) is -0.316. The summed E-state index contributed by atoms with van der Waals surface area (Å²) < 4.78 is 13.2. The first-order valence-corrected chi connectivity index (χ1v) is 9.09. The zero-order valence-electron chi connectivity index (χ0n) is 15.3. The van der Waals surface area contributed by atoms with E-state index in [1.807, 2.05) is 0 Å². The van der Waals surface area contributed by atoms with Crippen molar-refractivity contribution in [1.29, 1.82) is 0 Å². The molecule has 0 unspecified atom stereocenters. The highest BCUT2D eigenvalue weighted by atomic mass is 19.1. The number of likely N-dealkylation sites (N-methyl/N-ethyl adjacent to an activating group) is 1. The van der Waals surface area contributed by atoms with Crippen LogP contribution in [-0.4, -0.2) is 65.9 Å². The summed E-state index contributed by atoms with van der Waals surface area (Å²) in [6.45, 7) is 6.35. The number of piperazine rings is 1. The number of amides is 2. The molecule has 1 saturated heterocycles. The first-order valence-electron chi connectivity index (χ1n) is 9.09. The fraction of sp³-hybridized carbons (Fsp3) is 0.421. The van der Waals surface area contributed by atoms with Gasteiger partial charge in [0.2, 0.25) is 5.91 Å². The molecule has 0 atom stereocenters. The van der Waals surface area contributed by atoms with Gasteiger partial charge in [0.05, 0.1) is 5.52 Å². The zero-order chi connectivity index (χ0) is 19.4. The Bertz CT molecular complexity index is 903. The molecule has 7 nitrogen and oxygen atoms in total. The lowest BCUT2D eigenvalue weighted by molar-refractivity contribution is -0.132. The molecule has 144 valence electrons. The molecule has 3 rings (SSSR count). The molecule has 27 heavy (non-hydrogen) atoms. The smallest absolute Gasteiger partial charge is 0.261 e. The molecule has 0 spiro atoms. The average molecular weight is 374 g/mol. The number of aromatic nitrogens is 1. The predicted octanol–water partition coefficient (Wildman–Crippen LogP) is 0.951. The molecule has 2 heterocycles. The number of benzene rings is 1. The maximum Gasteiger partial charge on any atom is 0.261 e. The van der Waals surface area contributed by atoms with Gasteiger partial charge in [0.15, 0.2) is 0 Å². The number of halogens is 1. The summed E-state index contributed by atoms with van der Waals surface area (Å²) in [7, 11) is 0. The van der Waals surface area contributed by atoms with E-state index in [1.54, 1.807) is 4.90 Å². The minimum Gasteiger partial charge on any atom is -0.351 e. The van der Waals surface area contributed by atoms with Gasteiger partial charge in [-0.25, -0.2) is 4.39 Å². The van der Waals surface area contributed by atoms with Gasteiger partial charge in [0, 0.05) is 39.1 Å². The molecular weight excluding hydrogens is 351 g/mol. The van der Waals surface area contributed by atoms with E-state index in [4.69, 9.17) is 0 Å². The second-order valence-electron chi connectivity index (χ2n) is 6.56. The van der Waals surface area contributed by atoms with Gasteiger partial charge in [-0.15, -0.1) is 0 Å². The minimum atomic E-state index is -0.590. The molecule has 0 radical (unpaired) electrons. The van der Waals surface area contributed by atoms with Crippen molar-refractivity contribution < 1.29 is 14.0 Å². The first kappa shape index (κ1) is 19.0. The van der Waals surface area contributed by atoms with Crippen LogP contribution in [-0.2, 0) is 4.79 Å². The lowest BCUT2D eigenvalue weighted by atomic mass is 10.1. The third-order valence-electron chi connectivity index (χ3n) is 4.85. The number of nitrogens with zero attached hydrogens (tertiary/aromatic N) is 2. The van der Waals surface area contributed by atoms with E-state index in [1.165, 1.54) is 24.3 Å². The van der Waals surface area contributed by atoms with E-state index >= 15 is 0 Å². The molecule has 2 N–H and O–H groups in total. The van der Waals surface area contributed by atoms with E-state index in [2.05, 4.69) is 22.1 Å². The van der Waals surface area contributed by atoms with Crippen LogP contribution in [0.15, 0.2) is 29.1 Å². The molecule has 0 bridgehead atoms. The largest absolute Gasteiger partial charge is 0.351 e. The number of hydrogen-bond acceptors (Lipinski definition) is 4. The SMILES string of the molecule is CCN1CCN(C(=O)CCNC(=O)c2cc3ccc(F)cc3[nH]c2=O)CC1. The van der Waals surface area contributed by atoms with E-state index in [9.17, 15) is 18.8 Å². The maximum absolute atomic E-state index is 13.2. The van der Waals surface area contributed by atoms with Crippen LogP contribution in [0.2, 0.25) is 0 Å². The van der Waals surface area contributed by atoms with Crippen LogP contribution in [0.1, 0.15) is 23.7 Å². The Morgan fingerprint density at radius 3 is 2.63 bits per heavy atom. The van der Waals surface area contributed by atoms with Crippen molar-refractivity contribution in [2.24, 2.45) is 0 Å². The second-order valence-corrected chi connectivity index (χ2v) is 6.56. The van der Waals surface area contributed by atoms with Gasteiger partial charge in [-0.3, -0.25) is 14.4 Å². The molecule has 1 aromatic carbocycles. The van der Waals surface area contributed by atoms with Crippen molar-refractivity contribution in [2.75, 3.05) is 39.3 Å². The van der Waals surface area contributed by atoms with Crippen LogP contribution in [0.25, 0.3) is 10.9 Å². The molecule has 8 heteroatoms. The number of fused-ring (bicyclic) bond motifs is 1. The van der Waals surface area contributed by atoms with Crippen molar-refractivity contribution in [3.63, 3.8) is 0 Å². The van der Waals surface area contributed by atoms with Crippen molar-refractivity contribution in [2.45, 2.75) is 13.3 Å². The Balaban J connectivity index is 1.56. The first-order chi connectivity index (χ1) is 13.0. The Hall–Kier alpha value is -2.74. The van der Waals surface area contributed by atoms with E-state index in [0.717, 1.165) is 19.6 Å². The normalized spacial score (nSPS) is 15.1. The maximum atomic E-state index is 13.2. The minimum absolute atomic E-state index is 0.00560. The van der Waals surface area contributed by atoms with Crippen molar-refractivity contribution in [3.05, 3.63) is 46.0 Å². The molecule has 1 aliphatic heterocycles. The lowest BCUT2D eigenvalue weighted by Crippen LogP contribution is -2.49. The Labute approximate surface area is 156 Å². The molecule has 1 aromatic heterocycles. The van der Waals surface area contributed by atoms with Crippen LogP contribution in [0.5, 0.6) is 0 Å². The van der Waals surface area contributed by atoms with Gasteiger partial charge in [-0.2, -0.15) is 0 Å². The number of nitrogens with one attached hydrogen (secondary N) is 2. The quantitative estimate of drug-likeness (QED) is 0.816. The molecule has 2 amide bonds. The fourth-order valence-corrected chi connectivity index (χ4v) is 3.19. The number of rotatable bonds is 5. The summed E-state index contributed by atoms with van der Waals surface area (Å²) in [6.07, 6.45) is 0.189. The van der Waals surface area contributed by atoms with Gasteiger partial charge in [-0.05, 0) is 36.2 Å². The summed E-state index contributed by atoms with van der Waals surface area (Å²) in [4.78, 5) is 43.2. The summed E-state index contributed by atoms with van der Waals surface area (Å²) >= 11 is 0. The van der Waals surface area contributed by atoms with Crippen LogP contribution in [0.4, 0.5) is 4.39 Å². The highest BCUT2D eigenvalue weighted by molar-refractivity contribution is 5.97. The number of carbonyl (C=O) groups is 2. The second kappa shape index (κ2) is 8.30. The van der Waals surface area contributed by atoms with Gasteiger partial charge in [-0.1, -0.05) is 6.92 Å². The summed E-state index contributed by atoms with van der Waals surface area (Å²) in [6, 6.07) is 5.39. The number of carbonyl (C=O) groups excluding carboxylic acids is 2. The van der Waals surface area contributed by atoms with Crippen LogP contribution in [0, 0.1) is 5.82 Å². The van der Waals surface area contributed by atoms with Crippen molar-refractivity contribution in [3.8, 4) is 0 Å². The van der Waals surface area contributed by atoms with Gasteiger partial charge in [0.25, 0.3) is 11.5 Å². The van der Waals surface area contributed by atoms with Crippen LogP contribution >= 0.6 is 0 Å². The van der Waals surface area contributed by atoms with E-state index in [0.29, 0.717) is 24.0 Å². The van der Waals surface area contributed by atoms with E-state index < -0.39 is 17.3 Å². The molecule has 0 saturated carbocycles. The number of pyridine rings is 1. The molecule has 1 aliphatic rings. The van der Waals surface area contributed by atoms with Crippen LogP contribution < -0.4 is 10.9 Å². The Morgan fingerprint density at radius 1 is 1.19 bits per heavy atom.